The molecule has 0 radical (unpaired) electrons. The number of benzene rings is 3. The molecule has 0 aliphatic heterocycles. The number of hydrogen-bond donors (Lipinski definition) is 1. The van der Waals surface area contributed by atoms with E-state index in [2.05, 4.69) is 12.2 Å². The van der Waals surface area contributed by atoms with Crippen molar-refractivity contribution in [2.24, 2.45) is 0 Å². The van der Waals surface area contributed by atoms with E-state index in [0.29, 0.717) is 44.1 Å². The van der Waals surface area contributed by atoms with Crippen LogP contribution < -0.4 is 15.8 Å². The molecule has 238 valence electrons. The molecule has 3 aromatic rings. The molecule has 0 saturated carbocycles. The van der Waals surface area contributed by atoms with Crippen LogP contribution in [0.25, 0.3) is 32.7 Å². The van der Waals surface area contributed by atoms with Gasteiger partial charge in [0, 0.05) is 22.5 Å². The Bertz CT molecular complexity index is 1730. The van der Waals surface area contributed by atoms with Gasteiger partial charge in [-0.05, 0) is 40.1 Å². The van der Waals surface area contributed by atoms with Crippen molar-refractivity contribution in [3.05, 3.63) is 52.9 Å². The molecule has 0 heterocycles. The standard InChI is InChI=1S/C40H47N5O/c1-2-3-4-5-6-7-8-9-10-11-12-13-14-15-16-17-18-23-38(46)45-33-24-25-36-37(26-33)40(32(29-43)30-44)35-22-20-19-21-34(35)39(36)31(27-41)28-42/h19-22,24-26H,2-18,23H2,1H3,(H,45,46). The van der Waals surface area contributed by atoms with Crippen LogP contribution in [0.1, 0.15) is 122 Å². The van der Waals surface area contributed by atoms with Gasteiger partial charge in [-0.1, -0.05) is 140 Å². The molecule has 0 atom stereocenters. The van der Waals surface area contributed by atoms with Crippen molar-refractivity contribution < 1.29 is 4.79 Å². The van der Waals surface area contributed by atoms with Gasteiger partial charge < -0.3 is 5.32 Å². The molecule has 0 bridgehead atoms. The van der Waals surface area contributed by atoms with Gasteiger partial charge in [0.15, 0.2) is 0 Å². The van der Waals surface area contributed by atoms with Crippen molar-refractivity contribution in [3.63, 3.8) is 0 Å². The highest BCUT2D eigenvalue weighted by atomic mass is 16.1. The minimum Gasteiger partial charge on any atom is -0.326 e. The predicted molar refractivity (Wildman–Crippen MR) is 187 cm³/mol. The van der Waals surface area contributed by atoms with Gasteiger partial charge in [0.05, 0.1) is 0 Å². The van der Waals surface area contributed by atoms with Gasteiger partial charge in [-0.25, -0.2) is 0 Å². The van der Waals surface area contributed by atoms with Crippen molar-refractivity contribution in [2.75, 3.05) is 5.32 Å². The summed E-state index contributed by atoms with van der Waals surface area (Å²) in [6, 6.07) is 20.3. The lowest BCUT2D eigenvalue weighted by atomic mass is 9.93. The Kier molecular flexibility index (Phi) is 15.9. The topological polar surface area (TPSA) is 124 Å². The number of fused-ring (bicyclic) bond motifs is 2. The Morgan fingerprint density at radius 3 is 1.37 bits per heavy atom. The number of unbranched alkanes of at least 4 members (excludes halogenated alkanes) is 16. The molecule has 0 aliphatic carbocycles. The second-order valence-corrected chi connectivity index (χ2v) is 12.2. The fraction of sp³-hybridized carbons (Fsp3) is 0.475. The maximum Gasteiger partial charge on any atom is 0.224 e. The third-order valence-corrected chi connectivity index (χ3v) is 8.76. The van der Waals surface area contributed by atoms with E-state index in [1.165, 1.54) is 89.9 Å². The van der Waals surface area contributed by atoms with Gasteiger partial charge in [0.25, 0.3) is 0 Å². The number of nitrogens with zero attached hydrogens (tertiary/aromatic N) is 4. The molecule has 0 aliphatic rings. The Balaban J connectivity index is 1.50. The molecule has 6 heteroatoms. The molecule has 0 fully saturated rings. The molecule has 1 N–H and O–H groups in total. The van der Waals surface area contributed by atoms with Crippen LogP contribution in [0.5, 0.6) is 0 Å². The summed E-state index contributed by atoms with van der Waals surface area (Å²) in [5.41, 5.74) is 0.409. The van der Waals surface area contributed by atoms with E-state index in [-0.39, 0.29) is 17.1 Å². The molecule has 1 amide bonds. The average Bonchev–Trinajstić information content (AvgIpc) is 3.07. The second kappa shape index (κ2) is 20.4. The Morgan fingerprint density at radius 1 is 0.543 bits per heavy atom. The van der Waals surface area contributed by atoms with Gasteiger partial charge in [-0.15, -0.1) is 0 Å². The summed E-state index contributed by atoms with van der Waals surface area (Å²) in [7, 11) is 0. The van der Waals surface area contributed by atoms with Crippen molar-refractivity contribution in [2.45, 2.75) is 122 Å². The molecular weight excluding hydrogens is 566 g/mol. The van der Waals surface area contributed by atoms with Crippen LogP contribution in [-0.4, -0.2) is 5.91 Å². The molecule has 0 saturated heterocycles. The largest absolute Gasteiger partial charge is 0.326 e. The smallest absolute Gasteiger partial charge is 0.224 e. The Morgan fingerprint density at radius 2 is 0.935 bits per heavy atom. The number of amides is 1. The molecule has 46 heavy (non-hydrogen) atoms. The fourth-order valence-corrected chi connectivity index (χ4v) is 6.30. The molecule has 3 rings (SSSR count). The van der Waals surface area contributed by atoms with Gasteiger partial charge in [0.2, 0.25) is 5.91 Å². The highest BCUT2D eigenvalue weighted by molar-refractivity contribution is 6.07. The van der Waals surface area contributed by atoms with Crippen LogP contribution in [0.4, 0.5) is 5.69 Å². The maximum atomic E-state index is 12.8. The summed E-state index contributed by atoms with van der Waals surface area (Å²) < 4.78 is 0. The van der Waals surface area contributed by atoms with Crippen LogP contribution in [-0.2, 0) is 4.79 Å². The molecule has 6 nitrogen and oxygen atoms in total. The van der Waals surface area contributed by atoms with E-state index in [1.54, 1.807) is 42.5 Å². The first-order valence-corrected chi connectivity index (χ1v) is 17.2. The predicted octanol–water partition coefficient (Wildman–Crippen LogP) is 9.37. The van der Waals surface area contributed by atoms with Gasteiger partial charge >= 0.3 is 0 Å². The zero-order valence-corrected chi connectivity index (χ0v) is 27.5. The zero-order chi connectivity index (χ0) is 33.0. The van der Waals surface area contributed by atoms with Crippen LogP contribution >= 0.6 is 0 Å². The number of anilines is 1. The first kappa shape index (κ1) is 35.8. The summed E-state index contributed by atoms with van der Waals surface area (Å²) >= 11 is 0. The van der Waals surface area contributed by atoms with E-state index in [9.17, 15) is 25.8 Å². The monoisotopic (exact) mass is 613 g/mol. The number of nitrogens with one attached hydrogen (secondary N) is 1. The van der Waals surface area contributed by atoms with Crippen molar-refractivity contribution in [3.8, 4) is 24.3 Å². The zero-order valence-electron chi connectivity index (χ0n) is 27.5. The van der Waals surface area contributed by atoms with Crippen LogP contribution in [0, 0.1) is 45.3 Å². The average molecular weight is 614 g/mol. The van der Waals surface area contributed by atoms with E-state index in [4.69, 9.17) is 0 Å². The Labute approximate surface area is 274 Å². The molecule has 0 unspecified atom stereocenters. The lowest BCUT2D eigenvalue weighted by molar-refractivity contribution is -0.116. The van der Waals surface area contributed by atoms with Crippen molar-refractivity contribution in [1.82, 2.24) is 0 Å². The van der Waals surface area contributed by atoms with Crippen LogP contribution in [0.3, 0.4) is 0 Å². The second-order valence-electron chi connectivity index (χ2n) is 12.2. The highest BCUT2D eigenvalue weighted by Gasteiger charge is 2.14. The number of nitriles is 4. The molecular formula is C40H47N5O. The van der Waals surface area contributed by atoms with Crippen molar-refractivity contribution >= 4 is 44.3 Å². The lowest BCUT2D eigenvalue weighted by Crippen LogP contribution is -2.19. The molecule has 0 spiro atoms. The number of carbonyl (C=O) groups is 1. The lowest BCUT2D eigenvalue weighted by Gasteiger charge is -2.11. The number of hydrogen-bond acceptors (Lipinski definition) is 5. The first-order chi connectivity index (χ1) is 22.6. The quantitative estimate of drug-likeness (QED) is 0.106. The summed E-state index contributed by atoms with van der Waals surface area (Å²) in [5, 5.41) is 45.1. The van der Waals surface area contributed by atoms with Gasteiger partial charge in [-0.2, -0.15) is 21.0 Å². The highest BCUT2D eigenvalue weighted by Crippen LogP contribution is 2.21. The van der Waals surface area contributed by atoms with E-state index in [0.717, 1.165) is 19.3 Å². The summed E-state index contributed by atoms with van der Waals surface area (Å²) in [6.07, 6.45) is 22.3. The molecule has 0 aromatic heterocycles. The van der Waals surface area contributed by atoms with Crippen LogP contribution in [0.2, 0.25) is 0 Å². The fourth-order valence-electron chi connectivity index (χ4n) is 6.30. The summed E-state index contributed by atoms with van der Waals surface area (Å²) in [4.78, 5) is 12.8. The third-order valence-electron chi connectivity index (χ3n) is 8.76. The summed E-state index contributed by atoms with van der Waals surface area (Å²) in [5.74, 6) is -0.0889. The SMILES string of the molecule is CCCCCCCCCCCCCCCCCCCC(=O)Nc1ccc2c(=C(C#N)C#N)c3ccccc3c(=C(C#N)C#N)c2c1. The third kappa shape index (κ3) is 10.5. The maximum absolute atomic E-state index is 12.8. The normalized spacial score (nSPS) is 10.5. The van der Waals surface area contributed by atoms with E-state index < -0.39 is 0 Å². The molecule has 3 aromatic carbocycles. The summed E-state index contributed by atoms with van der Waals surface area (Å²) in [6.45, 7) is 2.27. The van der Waals surface area contributed by atoms with Gasteiger partial charge in [0.1, 0.15) is 35.4 Å². The van der Waals surface area contributed by atoms with Crippen molar-refractivity contribution in [1.29, 1.82) is 21.0 Å². The van der Waals surface area contributed by atoms with E-state index >= 15 is 0 Å². The van der Waals surface area contributed by atoms with Gasteiger partial charge in [-0.3, -0.25) is 4.79 Å². The Hall–Kier alpha value is -4.65. The number of carbonyl (C=O) groups excluding carboxylic acids is 1. The minimum atomic E-state index is -0.0889. The first-order valence-electron chi connectivity index (χ1n) is 17.2. The van der Waals surface area contributed by atoms with Crippen LogP contribution in [0.15, 0.2) is 42.5 Å². The van der Waals surface area contributed by atoms with E-state index in [1.807, 2.05) is 24.3 Å². The minimum absolute atomic E-state index is 0.0567. The number of rotatable bonds is 19.